The number of nitrogens with zero attached hydrogens (tertiary/aromatic N) is 2. The molecule has 2 fully saturated rings. The Morgan fingerprint density at radius 3 is 2.65 bits per heavy atom. The Morgan fingerprint density at radius 1 is 0.962 bits per heavy atom. The number of amides is 1. The number of hydrogen-bond donors (Lipinski definition) is 0. The van der Waals surface area contributed by atoms with E-state index < -0.39 is 0 Å². The molecule has 0 spiro atoms. The van der Waals surface area contributed by atoms with Crippen LogP contribution in [-0.4, -0.2) is 59.4 Å². The minimum atomic E-state index is 0.214. The molecule has 0 N–H and O–H groups in total. The van der Waals surface area contributed by atoms with Gasteiger partial charge < -0.3 is 9.80 Å². The van der Waals surface area contributed by atoms with E-state index in [1.165, 1.54) is 32.4 Å². The number of thioether (sulfide) groups is 1. The van der Waals surface area contributed by atoms with Crippen molar-refractivity contribution in [3.05, 3.63) is 48.0 Å². The second-order valence-corrected chi connectivity index (χ2v) is 8.62. The molecule has 2 heterocycles. The number of rotatable bonds is 3. The first kappa shape index (κ1) is 17.9. The zero-order valence-electron chi connectivity index (χ0n) is 15.4. The van der Waals surface area contributed by atoms with Crippen LogP contribution in [0, 0.1) is 0 Å². The molecule has 3 nitrogen and oxygen atoms in total. The van der Waals surface area contributed by atoms with Gasteiger partial charge in [-0.05, 0) is 54.9 Å². The highest BCUT2D eigenvalue weighted by molar-refractivity contribution is 7.99. The SMILES string of the molecule is O=C(c1cccc2ccccc12)N1CCCSCC1CN1CCCCC1. The van der Waals surface area contributed by atoms with E-state index in [0.717, 1.165) is 47.4 Å². The predicted molar refractivity (Wildman–Crippen MR) is 111 cm³/mol. The van der Waals surface area contributed by atoms with Gasteiger partial charge in [0.25, 0.3) is 5.91 Å². The van der Waals surface area contributed by atoms with Crippen molar-refractivity contribution in [1.29, 1.82) is 0 Å². The fourth-order valence-electron chi connectivity index (χ4n) is 4.25. The molecule has 2 saturated heterocycles. The van der Waals surface area contributed by atoms with Crippen LogP contribution in [0.1, 0.15) is 36.0 Å². The van der Waals surface area contributed by atoms with Gasteiger partial charge in [0.1, 0.15) is 0 Å². The van der Waals surface area contributed by atoms with E-state index in [-0.39, 0.29) is 5.91 Å². The lowest BCUT2D eigenvalue weighted by atomic mass is 10.0. The van der Waals surface area contributed by atoms with Crippen LogP contribution in [0.3, 0.4) is 0 Å². The van der Waals surface area contributed by atoms with Crippen LogP contribution in [0.15, 0.2) is 42.5 Å². The third-order valence-corrected chi connectivity index (χ3v) is 6.84. The van der Waals surface area contributed by atoms with Crippen molar-refractivity contribution in [2.24, 2.45) is 0 Å². The number of piperidine rings is 1. The van der Waals surface area contributed by atoms with Gasteiger partial charge in [0, 0.05) is 24.4 Å². The van der Waals surface area contributed by atoms with Crippen molar-refractivity contribution < 1.29 is 4.79 Å². The summed E-state index contributed by atoms with van der Waals surface area (Å²) in [7, 11) is 0. The molecule has 2 aliphatic heterocycles. The van der Waals surface area contributed by atoms with E-state index in [9.17, 15) is 4.79 Å². The van der Waals surface area contributed by atoms with Crippen LogP contribution in [0.2, 0.25) is 0 Å². The topological polar surface area (TPSA) is 23.6 Å². The normalized spacial score (nSPS) is 22.3. The van der Waals surface area contributed by atoms with Gasteiger partial charge >= 0.3 is 0 Å². The summed E-state index contributed by atoms with van der Waals surface area (Å²) >= 11 is 2.01. The zero-order valence-corrected chi connectivity index (χ0v) is 16.2. The largest absolute Gasteiger partial charge is 0.333 e. The van der Waals surface area contributed by atoms with Crippen LogP contribution in [0.25, 0.3) is 10.8 Å². The molecule has 0 saturated carbocycles. The average Bonchev–Trinajstić information content (AvgIpc) is 2.93. The maximum atomic E-state index is 13.5. The first-order chi connectivity index (χ1) is 12.8. The molecule has 2 aromatic rings. The van der Waals surface area contributed by atoms with Gasteiger partial charge in [-0.3, -0.25) is 4.79 Å². The first-order valence-electron chi connectivity index (χ1n) is 9.92. The van der Waals surface area contributed by atoms with Crippen LogP contribution < -0.4 is 0 Å². The lowest BCUT2D eigenvalue weighted by molar-refractivity contribution is 0.0647. The highest BCUT2D eigenvalue weighted by Crippen LogP contribution is 2.25. The Balaban J connectivity index is 1.60. The zero-order chi connectivity index (χ0) is 17.8. The van der Waals surface area contributed by atoms with Gasteiger partial charge in [-0.1, -0.05) is 42.8 Å². The van der Waals surface area contributed by atoms with Crippen LogP contribution in [0.4, 0.5) is 0 Å². The second-order valence-electron chi connectivity index (χ2n) is 7.47. The minimum absolute atomic E-state index is 0.214. The molecule has 138 valence electrons. The van der Waals surface area contributed by atoms with Gasteiger partial charge in [-0.2, -0.15) is 11.8 Å². The summed E-state index contributed by atoms with van der Waals surface area (Å²) in [6.07, 6.45) is 5.06. The summed E-state index contributed by atoms with van der Waals surface area (Å²) < 4.78 is 0. The van der Waals surface area contributed by atoms with E-state index in [1.54, 1.807) is 0 Å². The van der Waals surface area contributed by atoms with E-state index in [4.69, 9.17) is 0 Å². The minimum Gasteiger partial charge on any atom is -0.333 e. The molecule has 4 heteroatoms. The highest BCUT2D eigenvalue weighted by Gasteiger charge is 2.29. The summed E-state index contributed by atoms with van der Waals surface area (Å²) in [5, 5.41) is 2.23. The Morgan fingerprint density at radius 2 is 1.77 bits per heavy atom. The molecule has 2 aromatic carbocycles. The number of carbonyl (C=O) groups is 1. The lowest BCUT2D eigenvalue weighted by Gasteiger charge is -2.36. The Bertz CT molecular complexity index is 751. The lowest BCUT2D eigenvalue weighted by Crippen LogP contribution is -2.49. The summed E-state index contributed by atoms with van der Waals surface area (Å²) in [4.78, 5) is 18.3. The summed E-state index contributed by atoms with van der Waals surface area (Å²) in [5.41, 5.74) is 0.860. The van der Waals surface area contributed by atoms with E-state index in [2.05, 4.69) is 28.0 Å². The number of carbonyl (C=O) groups excluding carboxylic acids is 1. The van der Waals surface area contributed by atoms with Crippen molar-refractivity contribution in [2.75, 3.05) is 37.7 Å². The molecule has 1 atom stereocenters. The molecule has 1 amide bonds. The number of benzene rings is 2. The third kappa shape index (κ3) is 3.91. The van der Waals surface area contributed by atoms with E-state index in [0.29, 0.717) is 6.04 Å². The quantitative estimate of drug-likeness (QED) is 0.808. The molecular formula is C22H28N2OS. The first-order valence-corrected chi connectivity index (χ1v) is 11.1. The van der Waals surface area contributed by atoms with Gasteiger partial charge in [0.05, 0.1) is 6.04 Å². The maximum Gasteiger partial charge on any atom is 0.254 e. The van der Waals surface area contributed by atoms with E-state index in [1.807, 2.05) is 36.0 Å². The molecule has 2 aliphatic rings. The standard InChI is InChI=1S/C22H28N2OS/c25-22(21-11-6-9-18-8-2-3-10-20(18)21)24-14-7-15-26-17-19(24)16-23-12-4-1-5-13-23/h2-3,6,8-11,19H,1,4-5,7,12-17H2. The fourth-order valence-corrected chi connectivity index (χ4v) is 5.31. The Kier molecular flexibility index (Phi) is 5.81. The summed E-state index contributed by atoms with van der Waals surface area (Å²) in [6, 6.07) is 14.7. The summed E-state index contributed by atoms with van der Waals surface area (Å²) in [5.74, 6) is 2.44. The van der Waals surface area contributed by atoms with Crippen LogP contribution in [-0.2, 0) is 0 Å². The smallest absolute Gasteiger partial charge is 0.254 e. The number of fused-ring (bicyclic) bond motifs is 1. The molecule has 0 bridgehead atoms. The Hall–Kier alpha value is -1.52. The molecule has 0 radical (unpaired) electrons. The van der Waals surface area contributed by atoms with Crippen molar-refractivity contribution in [2.45, 2.75) is 31.7 Å². The van der Waals surface area contributed by atoms with Gasteiger partial charge in [-0.25, -0.2) is 0 Å². The fraction of sp³-hybridized carbons (Fsp3) is 0.500. The van der Waals surface area contributed by atoms with Gasteiger partial charge in [-0.15, -0.1) is 0 Å². The van der Waals surface area contributed by atoms with Crippen molar-refractivity contribution >= 4 is 28.4 Å². The molecular weight excluding hydrogens is 340 g/mol. The number of hydrogen-bond acceptors (Lipinski definition) is 3. The van der Waals surface area contributed by atoms with Crippen LogP contribution >= 0.6 is 11.8 Å². The molecule has 0 aliphatic carbocycles. The van der Waals surface area contributed by atoms with Crippen molar-refractivity contribution in [1.82, 2.24) is 9.80 Å². The average molecular weight is 369 g/mol. The van der Waals surface area contributed by atoms with Gasteiger partial charge in [0.15, 0.2) is 0 Å². The molecule has 4 rings (SSSR count). The molecule has 0 aromatic heterocycles. The van der Waals surface area contributed by atoms with Gasteiger partial charge in [0.2, 0.25) is 0 Å². The van der Waals surface area contributed by atoms with E-state index >= 15 is 0 Å². The monoisotopic (exact) mass is 368 g/mol. The number of likely N-dealkylation sites (tertiary alicyclic amines) is 1. The van der Waals surface area contributed by atoms with Crippen molar-refractivity contribution in [3.63, 3.8) is 0 Å². The third-order valence-electron chi connectivity index (χ3n) is 5.64. The Labute approximate surface area is 160 Å². The van der Waals surface area contributed by atoms with Crippen molar-refractivity contribution in [3.8, 4) is 0 Å². The second kappa shape index (κ2) is 8.45. The predicted octanol–water partition coefficient (Wildman–Crippen LogP) is 4.27. The molecule has 1 unspecified atom stereocenters. The highest BCUT2D eigenvalue weighted by atomic mass is 32.2. The summed E-state index contributed by atoms with van der Waals surface area (Å²) in [6.45, 7) is 4.30. The van der Waals surface area contributed by atoms with Crippen LogP contribution in [0.5, 0.6) is 0 Å². The maximum absolute atomic E-state index is 13.5. The molecule has 26 heavy (non-hydrogen) atoms.